The smallest absolute Gasteiger partial charge is 0.222 e. The molecule has 0 aliphatic heterocycles. The molecule has 0 saturated carbocycles. The molecule has 0 radical (unpaired) electrons. The SMILES string of the molecule is Nc1nc(N)c2c(Cl)c(-c3ccc(Cl)cc3Cl)ccc2n1. The fourth-order valence-corrected chi connectivity index (χ4v) is 3.02. The summed E-state index contributed by atoms with van der Waals surface area (Å²) in [5.74, 6) is 0.336. The van der Waals surface area contributed by atoms with Gasteiger partial charge in [0.1, 0.15) is 5.82 Å². The predicted octanol–water partition coefficient (Wildman–Crippen LogP) is 4.42. The number of rotatable bonds is 1. The highest BCUT2D eigenvalue weighted by Crippen LogP contribution is 2.39. The van der Waals surface area contributed by atoms with Gasteiger partial charge in [-0.3, -0.25) is 0 Å². The van der Waals surface area contributed by atoms with Crippen molar-refractivity contribution in [2.24, 2.45) is 0 Å². The van der Waals surface area contributed by atoms with Crippen LogP contribution in [0.5, 0.6) is 0 Å². The zero-order valence-corrected chi connectivity index (χ0v) is 12.8. The van der Waals surface area contributed by atoms with E-state index in [4.69, 9.17) is 46.3 Å². The summed E-state index contributed by atoms with van der Waals surface area (Å²) in [6.07, 6.45) is 0. The zero-order valence-electron chi connectivity index (χ0n) is 10.6. The third kappa shape index (κ3) is 2.46. The Morgan fingerprint density at radius 2 is 1.57 bits per heavy atom. The Labute approximate surface area is 135 Å². The summed E-state index contributed by atoms with van der Waals surface area (Å²) in [5, 5.41) is 2.03. The summed E-state index contributed by atoms with van der Waals surface area (Å²) >= 11 is 18.6. The maximum atomic E-state index is 6.45. The molecule has 1 aromatic heterocycles. The first-order chi connectivity index (χ1) is 9.97. The lowest BCUT2D eigenvalue weighted by Gasteiger charge is -2.11. The van der Waals surface area contributed by atoms with E-state index in [1.165, 1.54) is 0 Å². The van der Waals surface area contributed by atoms with Crippen LogP contribution in [0.15, 0.2) is 30.3 Å². The molecule has 7 heteroatoms. The van der Waals surface area contributed by atoms with Gasteiger partial charge in [-0.2, -0.15) is 4.98 Å². The van der Waals surface area contributed by atoms with Crippen LogP contribution in [0.3, 0.4) is 0 Å². The van der Waals surface area contributed by atoms with Crippen molar-refractivity contribution >= 4 is 57.5 Å². The average Bonchev–Trinajstić information content (AvgIpc) is 2.39. The van der Waals surface area contributed by atoms with Crippen molar-refractivity contribution in [2.75, 3.05) is 11.5 Å². The molecule has 106 valence electrons. The fourth-order valence-electron chi connectivity index (χ4n) is 2.15. The lowest BCUT2D eigenvalue weighted by molar-refractivity contribution is 1.25. The molecular weight excluding hydrogens is 331 g/mol. The first kappa shape index (κ1) is 14.2. The summed E-state index contributed by atoms with van der Waals surface area (Å²) in [4.78, 5) is 8.06. The molecule has 0 fully saturated rings. The standard InChI is InChI=1S/C14H9Cl3N4/c15-6-1-2-7(9(16)5-6)8-3-4-10-11(12(8)17)13(18)21-14(19)20-10/h1-5H,(H4,18,19,20,21). The molecule has 1 heterocycles. The van der Waals surface area contributed by atoms with E-state index >= 15 is 0 Å². The van der Waals surface area contributed by atoms with Gasteiger partial charge in [-0.15, -0.1) is 0 Å². The quantitative estimate of drug-likeness (QED) is 0.688. The Kier molecular flexibility index (Phi) is 3.53. The summed E-state index contributed by atoms with van der Waals surface area (Å²) in [6, 6.07) is 8.78. The highest BCUT2D eigenvalue weighted by Gasteiger charge is 2.14. The maximum Gasteiger partial charge on any atom is 0.222 e. The van der Waals surface area contributed by atoms with Crippen molar-refractivity contribution in [1.29, 1.82) is 0 Å². The first-order valence-electron chi connectivity index (χ1n) is 5.94. The van der Waals surface area contributed by atoms with Crippen molar-refractivity contribution in [3.8, 4) is 11.1 Å². The topological polar surface area (TPSA) is 77.8 Å². The molecule has 0 aliphatic carbocycles. The Balaban J connectivity index is 2.32. The molecule has 2 aromatic carbocycles. The molecule has 3 aromatic rings. The number of fused-ring (bicyclic) bond motifs is 1. The normalized spacial score (nSPS) is 11.0. The number of aromatic nitrogens is 2. The van der Waals surface area contributed by atoms with E-state index in [-0.39, 0.29) is 11.8 Å². The van der Waals surface area contributed by atoms with Crippen LogP contribution in [-0.4, -0.2) is 9.97 Å². The minimum atomic E-state index is 0.105. The zero-order chi connectivity index (χ0) is 15.1. The summed E-state index contributed by atoms with van der Waals surface area (Å²) in [7, 11) is 0. The number of halogens is 3. The number of hydrogen-bond donors (Lipinski definition) is 2. The van der Waals surface area contributed by atoms with E-state index in [9.17, 15) is 0 Å². The Morgan fingerprint density at radius 3 is 2.29 bits per heavy atom. The van der Waals surface area contributed by atoms with E-state index in [1.807, 2.05) is 6.07 Å². The molecule has 0 spiro atoms. The largest absolute Gasteiger partial charge is 0.383 e. The van der Waals surface area contributed by atoms with Crippen LogP contribution in [0.25, 0.3) is 22.0 Å². The molecule has 0 amide bonds. The number of anilines is 2. The number of nitrogen functional groups attached to an aromatic ring is 2. The fraction of sp³-hybridized carbons (Fsp3) is 0. The minimum absolute atomic E-state index is 0.105. The Morgan fingerprint density at radius 1 is 0.857 bits per heavy atom. The second kappa shape index (κ2) is 5.22. The lowest BCUT2D eigenvalue weighted by Crippen LogP contribution is -2.01. The summed E-state index contributed by atoms with van der Waals surface area (Å²) in [6.45, 7) is 0. The van der Waals surface area contributed by atoms with Crippen LogP contribution in [-0.2, 0) is 0 Å². The van der Waals surface area contributed by atoms with Gasteiger partial charge in [-0.05, 0) is 18.2 Å². The summed E-state index contributed by atoms with van der Waals surface area (Å²) in [5.41, 5.74) is 13.5. The monoisotopic (exact) mass is 338 g/mol. The summed E-state index contributed by atoms with van der Waals surface area (Å²) < 4.78 is 0. The van der Waals surface area contributed by atoms with Gasteiger partial charge >= 0.3 is 0 Å². The Hall–Kier alpha value is -1.75. The van der Waals surface area contributed by atoms with E-state index in [2.05, 4.69) is 9.97 Å². The van der Waals surface area contributed by atoms with Gasteiger partial charge in [-0.1, -0.05) is 46.9 Å². The molecule has 0 atom stereocenters. The van der Waals surface area contributed by atoms with Crippen LogP contribution in [0.4, 0.5) is 11.8 Å². The van der Waals surface area contributed by atoms with Gasteiger partial charge in [0.05, 0.1) is 15.9 Å². The highest BCUT2D eigenvalue weighted by atomic mass is 35.5. The second-order valence-electron chi connectivity index (χ2n) is 4.41. The van der Waals surface area contributed by atoms with Crippen LogP contribution in [0, 0.1) is 0 Å². The molecule has 4 nitrogen and oxygen atoms in total. The van der Waals surface area contributed by atoms with Crippen LogP contribution >= 0.6 is 34.8 Å². The van der Waals surface area contributed by atoms with Crippen LogP contribution < -0.4 is 11.5 Å². The highest BCUT2D eigenvalue weighted by molar-refractivity contribution is 6.41. The van der Waals surface area contributed by atoms with E-state index in [0.717, 1.165) is 11.1 Å². The van der Waals surface area contributed by atoms with Crippen molar-refractivity contribution in [1.82, 2.24) is 9.97 Å². The van der Waals surface area contributed by atoms with E-state index in [1.54, 1.807) is 24.3 Å². The molecule has 0 bridgehead atoms. The first-order valence-corrected chi connectivity index (χ1v) is 7.07. The molecule has 0 aliphatic rings. The van der Waals surface area contributed by atoms with Crippen molar-refractivity contribution in [3.63, 3.8) is 0 Å². The van der Waals surface area contributed by atoms with Gasteiger partial charge in [0.2, 0.25) is 5.95 Å². The van der Waals surface area contributed by atoms with Gasteiger partial charge in [0.15, 0.2) is 0 Å². The molecule has 0 saturated heterocycles. The molecular formula is C14H9Cl3N4. The number of nitrogens with two attached hydrogens (primary N) is 2. The molecule has 21 heavy (non-hydrogen) atoms. The van der Waals surface area contributed by atoms with Gasteiger partial charge in [-0.25, -0.2) is 4.98 Å². The van der Waals surface area contributed by atoms with Crippen LogP contribution in [0.2, 0.25) is 15.1 Å². The van der Waals surface area contributed by atoms with E-state index < -0.39 is 0 Å². The Bertz CT molecular complexity index is 864. The average molecular weight is 340 g/mol. The second-order valence-corrected chi connectivity index (χ2v) is 5.63. The lowest BCUT2D eigenvalue weighted by atomic mass is 10.0. The van der Waals surface area contributed by atoms with Crippen molar-refractivity contribution in [3.05, 3.63) is 45.4 Å². The van der Waals surface area contributed by atoms with Crippen molar-refractivity contribution < 1.29 is 0 Å². The van der Waals surface area contributed by atoms with Gasteiger partial charge in [0.25, 0.3) is 0 Å². The number of hydrogen-bond acceptors (Lipinski definition) is 4. The van der Waals surface area contributed by atoms with Crippen LogP contribution in [0.1, 0.15) is 0 Å². The third-order valence-corrected chi connectivity index (χ3v) is 4.01. The predicted molar refractivity (Wildman–Crippen MR) is 88.8 cm³/mol. The molecule has 4 N–H and O–H groups in total. The maximum absolute atomic E-state index is 6.45. The van der Waals surface area contributed by atoms with E-state index in [0.29, 0.717) is 26.0 Å². The number of benzene rings is 2. The third-order valence-electron chi connectivity index (χ3n) is 3.07. The molecule has 0 unspecified atom stereocenters. The van der Waals surface area contributed by atoms with Gasteiger partial charge < -0.3 is 11.5 Å². The van der Waals surface area contributed by atoms with Crippen molar-refractivity contribution in [2.45, 2.75) is 0 Å². The molecule has 3 rings (SSSR count). The number of nitrogens with zero attached hydrogens (tertiary/aromatic N) is 2. The van der Waals surface area contributed by atoms with Gasteiger partial charge in [0, 0.05) is 21.2 Å². The minimum Gasteiger partial charge on any atom is -0.383 e.